The van der Waals surface area contributed by atoms with Gasteiger partial charge in [-0.2, -0.15) is 0 Å². The first-order valence-electron chi connectivity index (χ1n) is 16.4. The Morgan fingerprint density at radius 2 is 0.875 bits per heavy atom. The molecule has 222 valence electrons. The molecule has 2 heterocycles. The Kier molecular flexibility index (Phi) is 5.51. The Labute approximate surface area is 284 Å². The van der Waals surface area contributed by atoms with Gasteiger partial charge in [0.2, 0.25) is 0 Å². The average molecular weight is 643 g/mol. The third kappa shape index (κ3) is 3.65. The second-order valence-electron chi connectivity index (χ2n) is 12.8. The summed E-state index contributed by atoms with van der Waals surface area (Å²) in [4.78, 5) is 0. The summed E-state index contributed by atoms with van der Waals surface area (Å²) in [7, 11) is 0. The van der Waals surface area contributed by atoms with Crippen molar-refractivity contribution >= 4 is 106 Å². The second-order valence-corrected chi connectivity index (χ2v) is 14.9. The Morgan fingerprint density at radius 3 is 1.62 bits per heavy atom. The highest BCUT2D eigenvalue weighted by Gasteiger charge is 2.20. The summed E-state index contributed by atoms with van der Waals surface area (Å²) < 4.78 is 5.44. The van der Waals surface area contributed by atoms with Crippen LogP contribution >= 0.6 is 22.7 Å². The van der Waals surface area contributed by atoms with Gasteiger partial charge in [0.15, 0.2) is 0 Å². The molecule has 2 heteroatoms. The molecule has 0 N–H and O–H groups in total. The molecule has 0 saturated heterocycles. The van der Waals surface area contributed by atoms with Gasteiger partial charge in [-0.3, -0.25) is 0 Å². The molecule has 0 nitrogen and oxygen atoms in total. The molecule has 0 aliphatic rings. The lowest BCUT2D eigenvalue weighted by Crippen LogP contribution is -1.91. The molecule has 0 aliphatic carbocycles. The molecule has 0 bridgehead atoms. The maximum Gasteiger partial charge on any atom is 0.0448 e. The van der Waals surface area contributed by atoms with Crippen LogP contribution in [0.5, 0.6) is 0 Å². The molecule has 9 aromatic carbocycles. The molecular formula is C46H26S2. The van der Waals surface area contributed by atoms with Crippen LogP contribution in [0.3, 0.4) is 0 Å². The lowest BCUT2D eigenvalue weighted by molar-refractivity contribution is 1.69. The van der Waals surface area contributed by atoms with E-state index in [2.05, 4.69) is 158 Å². The minimum Gasteiger partial charge on any atom is -0.135 e. The first-order valence-corrected chi connectivity index (χ1v) is 18.1. The van der Waals surface area contributed by atoms with Crippen LogP contribution in [0.2, 0.25) is 0 Å². The smallest absolute Gasteiger partial charge is 0.0448 e. The molecule has 0 aliphatic heterocycles. The van der Waals surface area contributed by atoms with Crippen molar-refractivity contribution in [3.05, 3.63) is 158 Å². The van der Waals surface area contributed by atoms with Crippen molar-refractivity contribution in [2.24, 2.45) is 0 Å². The van der Waals surface area contributed by atoms with E-state index in [1.807, 2.05) is 22.7 Å². The molecule has 0 atom stereocenters. The third-order valence-corrected chi connectivity index (χ3v) is 12.6. The number of benzene rings is 9. The Balaban J connectivity index is 1.24. The van der Waals surface area contributed by atoms with Gasteiger partial charge in [-0.15, -0.1) is 22.7 Å². The van der Waals surface area contributed by atoms with Crippen LogP contribution in [0.4, 0.5) is 0 Å². The summed E-state index contributed by atoms with van der Waals surface area (Å²) in [5.41, 5.74) is 5.16. The van der Waals surface area contributed by atoms with Crippen LogP contribution in [0.15, 0.2) is 158 Å². The van der Waals surface area contributed by atoms with Crippen LogP contribution in [-0.2, 0) is 0 Å². The van der Waals surface area contributed by atoms with Gasteiger partial charge in [-0.1, -0.05) is 133 Å². The largest absolute Gasteiger partial charge is 0.135 e. The number of hydrogen-bond donors (Lipinski definition) is 0. The minimum atomic E-state index is 1.27. The van der Waals surface area contributed by atoms with E-state index in [-0.39, 0.29) is 0 Å². The zero-order valence-electron chi connectivity index (χ0n) is 25.8. The van der Waals surface area contributed by atoms with Crippen LogP contribution < -0.4 is 0 Å². The lowest BCUT2D eigenvalue weighted by Gasteiger charge is -2.19. The zero-order chi connectivity index (χ0) is 31.3. The molecule has 0 spiro atoms. The first kappa shape index (κ1) is 26.5. The van der Waals surface area contributed by atoms with Crippen molar-refractivity contribution < 1.29 is 0 Å². The Morgan fingerprint density at radius 1 is 0.312 bits per heavy atom. The predicted octanol–water partition coefficient (Wildman–Crippen LogP) is 14.4. The molecule has 11 rings (SSSR count). The van der Waals surface area contributed by atoms with Gasteiger partial charge in [0.25, 0.3) is 0 Å². The van der Waals surface area contributed by atoms with Gasteiger partial charge in [0, 0.05) is 40.3 Å². The number of thiophene rings is 2. The number of rotatable bonds is 2. The molecule has 48 heavy (non-hydrogen) atoms. The van der Waals surface area contributed by atoms with E-state index in [4.69, 9.17) is 0 Å². The van der Waals surface area contributed by atoms with E-state index < -0.39 is 0 Å². The fraction of sp³-hybridized carbons (Fsp3) is 0. The standard InChI is InChI=1S/C46H26S2/c1-3-13-30-27(10-1)12-9-19-32(30)43-35-17-7-5-15-33(35)42(34-16-6-8-18-36(34)43)29-21-23-39-38(26-29)45-41(47-39)25-22-37-44-31-14-4-2-11-28(31)20-24-40(44)48-46(37)45/h1-26H. The van der Waals surface area contributed by atoms with Crippen molar-refractivity contribution in [1.29, 1.82) is 0 Å². The minimum absolute atomic E-state index is 1.27. The van der Waals surface area contributed by atoms with Crippen molar-refractivity contribution in [1.82, 2.24) is 0 Å². The first-order chi connectivity index (χ1) is 23.8. The summed E-state index contributed by atoms with van der Waals surface area (Å²) in [6.45, 7) is 0. The zero-order valence-corrected chi connectivity index (χ0v) is 27.5. The van der Waals surface area contributed by atoms with Crippen LogP contribution in [0.25, 0.3) is 106 Å². The third-order valence-electron chi connectivity index (χ3n) is 10.2. The molecule has 11 aromatic rings. The maximum atomic E-state index is 2.47. The van der Waals surface area contributed by atoms with Crippen molar-refractivity contribution in [2.75, 3.05) is 0 Å². The summed E-state index contributed by atoms with van der Waals surface area (Å²) >= 11 is 3.85. The van der Waals surface area contributed by atoms with E-state index in [1.165, 1.54) is 106 Å². The van der Waals surface area contributed by atoms with E-state index in [9.17, 15) is 0 Å². The van der Waals surface area contributed by atoms with E-state index >= 15 is 0 Å². The van der Waals surface area contributed by atoms with Gasteiger partial charge in [0.1, 0.15) is 0 Å². The molecule has 0 unspecified atom stereocenters. The predicted molar refractivity (Wildman–Crippen MR) is 213 cm³/mol. The summed E-state index contributed by atoms with van der Waals surface area (Å²) in [6, 6.07) is 58.7. The quantitative estimate of drug-likeness (QED) is 0.165. The normalized spacial score (nSPS) is 12.2. The highest BCUT2D eigenvalue weighted by molar-refractivity contribution is 7.29. The fourth-order valence-corrected chi connectivity index (χ4v) is 10.6. The van der Waals surface area contributed by atoms with Gasteiger partial charge in [-0.05, 0) is 89.6 Å². The van der Waals surface area contributed by atoms with E-state index in [1.54, 1.807) is 0 Å². The van der Waals surface area contributed by atoms with Crippen LogP contribution in [0, 0.1) is 0 Å². The Bertz CT molecular complexity index is 3060. The molecule has 2 aromatic heterocycles. The highest BCUT2D eigenvalue weighted by atomic mass is 32.1. The fourth-order valence-electron chi connectivity index (χ4n) is 8.19. The van der Waals surface area contributed by atoms with Crippen molar-refractivity contribution in [3.63, 3.8) is 0 Å². The topological polar surface area (TPSA) is 0 Å². The number of fused-ring (bicyclic) bond motifs is 12. The second kappa shape index (κ2) is 9.98. The SMILES string of the molecule is c1ccc2c(-c3c4ccccc4c(-c4ccc5sc6ccc7c(sc8ccc9ccccc9c87)c6c5c4)c4ccccc34)cccc2c1. The van der Waals surface area contributed by atoms with Crippen LogP contribution in [0.1, 0.15) is 0 Å². The summed E-state index contributed by atoms with van der Waals surface area (Å²) in [5, 5.41) is 15.8. The van der Waals surface area contributed by atoms with Crippen molar-refractivity contribution in [3.8, 4) is 22.3 Å². The Hall–Kier alpha value is -5.54. The van der Waals surface area contributed by atoms with Gasteiger partial charge in [0.05, 0.1) is 0 Å². The molecule has 0 fully saturated rings. The summed E-state index contributed by atoms with van der Waals surface area (Å²) in [6.07, 6.45) is 0. The van der Waals surface area contributed by atoms with E-state index in [0.29, 0.717) is 0 Å². The van der Waals surface area contributed by atoms with Gasteiger partial charge in [-0.25, -0.2) is 0 Å². The molecule has 0 amide bonds. The van der Waals surface area contributed by atoms with Crippen LogP contribution in [-0.4, -0.2) is 0 Å². The molecule has 0 radical (unpaired) electrons. The van der Waals surface area contributed by atoms with Gasteiger partial charge < -0.3 is 0 Å². The van der Waals surface area contributed by atoms with Gasteiger partial charge >= 0.3 is 0 Å². The van der Waals surface area contributed by atoms with E-state index in [0.717, 1.165) is 0 Å². The monoisotopic (exact) mass is 642 g/mol. The molecular weight excluding hydrogens is 617 g/mol. The average Bonchev–Trinajstić information content (AvgIpc) is 3.72. The lowest BCUT2D eigenvalue weighted by atomic mass is 9.84. The highest BCUT2D eigenvalue weighted by Crippen LogP contribution is 2.49. The van der Waals surface area contributed by atoms with Crippen molar-refractivity contribution in [2.45, 2.75) is 0 Å². The molecule has 0 saturated carbocycles. The maximum absolute atomic E-state index is 2.47. The number of hydrogen-bond acceptors (Lipinski definition) is 2. The summed E-state index contributed by atoms with van der Waals surface area (Å²) in [5.74, 6) is 0.